The van der Waals surface area contributed by atoms with Crippen molar-refractivity contribution in [3.05, 3.63) is 78.1 Å². The quantitative estimate of drug-likeness (QED) is 0.191. The van der Waals surface area contributed by atoms with E-state index in [2.05, 4.69) is 4.98 Å². The van der Waals surface area contributed by atoms with E-state index in [0.717, 1.165) is 9.87 Å². The fraction of sp³-hybridized carbons (Fsp3) is 0.375. The summed E-state index contributed by atoms with van der Waals surface area (Å²) in [7, 11) is -2.77. The normalized spacial score (nSPS) is 15.0. The number of pyridine rings is 1. The summed E-state index contributed by atoms with van der Waals surface area (Å²) in [4.78, 5) is 40.4. The Morgan fingerprint density at radius 2 is 1.71 bits per heavy atom. The number of carbonyl (C=O) groups is 3. The summed E-state index contributed by atoms with van der Waals surface area (Å²) in [6, 6.07) is 13.5. The smallest absolute Gasteiger partial charge is 0.490 e. The number of ether oxygens (including phenoxy) is 4. The first kappa shape index (κ1) is 38.7. The van der Waals surface area contributed by atoms with Gasteiger partial charge in [-0.1, -0.05) is 12.1 Å². The van der Waals surface area contributed by atoms with E-state index >= 15 is 0 Å². The van der Waals surface area contributed by atoms with E-state index in [1.807, 2.05) is 18.2 Å². The van der Waals surface area contributed by atoms with Crippen LogP contribution in [0, 0.1) is 5.92 Å². The minimum absolute atomic E-state index is 0.0369. The molecule has 0 radical (unpaired) electrons. The molecule has 1 aromatic heterocycles. The van der Waals surface area contributed by atoms with Crippen molar-refractivity contribution in [2.75, 3.05) is 33.6 Å². The number of halogens is 3. The van der Waals surface area contributed by atoms with Gasteiger partial charge >= 0.3 is 18.2 Å². The number of methoxy groups -OCH3 is 1. The number of carboxylic acid groups (broad SMARTS) is 1. The third-order valence-corrected chi connectivity index (χ3v) is 9.85. The third kappa shape index (κ3) is 9.98. The van der Waals surface area contributed by atoms with Gasteiger partial charge in [0, 0.05) is 44.0 Å². The molecule has 1 atom stereocenters. The molecule has 1 fully saturated rings. The number of sulfonamides is 1. The van der Waals surface area contributed by atoms with Crippen LogP contribution in [-0.4, -0.2) is 96.7 Å². The summed E-state index contributed by atoms with van der Waals surface area (Å²) in [6.45, 7) is 0.616. The number of hydrogen-bond donors (Lipinski definition) is 3. The van der Waals surface area contributed by atoms with Crippen molar-refractivity contribution in [1.29, 1.82) is 0 Å². The predicted octanol–water partition coefficient (Wildman–Crippen LogP) is 3.61. The first-order valence-corrected chi connectivity index (χ1v) is 16.8. The van der Waals surface area contributed by atoms with Crippen LogP contribution in [0.3, 0.4) is 0 Å². The molecule has 2 aliphatic rings. The number of piperidine rings is 1. The Hall–Kier alpha value is -5.14. The summed E-state index contributed by atoms with van der Waals surface area (Å²) >= 11 is 0. The summed E-state index contributed by atoms with van der Waals surface area (Å²) in [5.74, 6) is -2.34. The van der Waals surface area contributed by atoms with Crippen LogP contribution in [0.15, 0.2) is 71.9 Å². The van der Waals surface area contributed by atoms with E-state index in [9.17, 15) is 36.4 Å². The van der Waals surface area contributed by atoms with Crippen LogP contribution in [0.25, 0.3) is 0 Å². The van der Waals surface area contributed by atoms with Gasteiger partial charge in [0.05, 0.1) is 18.6 Å². The minimum atomic E-state index is -5.08. The van der Waals surface area contributed by atoms with Gasteiger partial charge in [-0.15, -0.1) is 0 Å². The van der Waals surface area contributed by atoms with Crippen LogP contribution in [0.5, 0.6) is 17.2 Å². The van der Waals surface area contributed by atoms with Crippen LogP contribution in [-0.2, 0) is 37.3 Å². The standard InChI is InChI=1S/C30H34N4O9S.C2HF3O2/c1-40-24-5-7-25(8-6-24)44(38,39)34(19-21-9-14-31-15-10-21)27(29(35)32-37)22-11-16-33(17-12-22)30(36)41-18-13-23-3-2-4-26-28(23)43-20-42-26;3-2(4,5)1(6)7/h2-10,14-15,22,27,37H,11-13,16-20H2,1H3,(H,32,35);(H,6,7)/t27-;/m1./s1. The number of hydrogen-bond acceptors (Lipinski definition) is 11. The first-order chi connectivity index (χ1) is 24.3. The number of hydroxylamine groups is 1. The average molecular weight is 741 g/mol. The zero-order valence-corrected chi connectivity index (χ0v) is 27.9. The monoisotopic (exact) mass is 740 g/mol. The number of nitrogens with one attached hydrogen (secondary N) is 1. The highest BCUT2D eigenvalue weighted by Gasteiger charge is 2.43. The van der Waals surface area contributed by atoms with Crippen LogP contribution < -0.4 is 19.7 Å². The Balaban J connectivity index is 0.000000755. The Morgan fingerprint density at radius 1 is 1.06 bits per heavy atom. The van der Waals surface area contributed by atoms with Gasteiger partial charge in [0.1, 0.15) is 11.8 Å². The number of benzene rings is 2. The van der Waals surface area contributed by atoms with Gasteiger partial charge < -0.3 is 29.0 Å². The molecule has 51 heavy (non-hydrogen) atoms. The second-order valence-electron chi connectivity index (χ2n) is 11.1. The molecule has 3 aromatic rings. The molecule has 0 bridgehead atoms. The number of rotatable bonds is 11. The Labute approximate surface area is 290 Å². The molecule has 19 heteroatoms. The van der Waals surface area contributed by atoms with E-state index in [-0.39, 0.29) is 37.9 Å². The number of alkyl halides is 3. The number of aromatic nitrogens is 1. The number of fused-ring (bicyclic) bond motifs is 1. The van der Waals surface area contributed by atoms with Crippen molar-refractivity contribution < 1.29 is 65.2 Å². The average Bonchev–Trinajstić information content (AvgIpc) is 3.62. The fourth-order valence-electron chi connectivity index (χ4n) is 5.46. The van der Waals surface area contributed by atoms with Crippen molar-refractivity contribution in [3.8, 4) is 17.2 Å². The second kappa shape index (κ2) is 17.2. The maximum absolute atomic E-state index is 14.0. The number of likely N-dealkylation sites (tertiary alicyclic amines) is 1. The lowest BCUT2D eigenvalue weighted by Crippen LogP contribution is -2.55. The Kier molecular flexibility index (Phi) is 13.0. The Bertz CT molecular complexity index is 1760. The van der Waals surface area contributed by atoms with E-state index in [4.69, 9.17) is 28.8 Å². The summed E-state index contributed by atoms with van der Waals surface area (Å²) in [5, 5.41) is 16.8. The maximum atomic E-state index is 14.0. The molecule has 2 aromatic carbocycles. The molecular formula is C32H35F3N4O11S. The number of amides is 2. The van der Waals surface area contributed by atoms with E-state index in [1.54, 1.807) is 17.6 Å². The molecule has 3 heterocycles. The highest BCUT2D eigenvalue weighted by Crippen LogP contribution is 2.36. The highest BCUT2D eigenvalue weighted by molar-refractivity contribution is 7.89. The van der Waals surface area contributed by atoms with Gasteiger partial charge in [0.25, 0.3) is 5.91 Å². The molecule has 0 spiro atoms. The lowest BCUT2D eigenvalue weighted by Gasteiger charge is -2.39. The number of para-hydroxylation sites is 1. The minimum Gasteiger partial charge on any atom is -0.497 e. The summed E-state index contributed by atoms with van der Waals surface area (Å²) in [5.41, 5.74) is 3.14. The van der Waals surface area contributed by atoms with E-state index < -0.39 is 46.1 Å². The number of aliphatic carboxylic acids is 1. The van der Waals surface area contributed by atoms with Crippen molar-refractivity contribution in [3.63, 3.8) is 0 Å². The molecule has 2 aliphatic heterocycles. The number of nitrogens with zero attached hydrogens (tertiary/aromatic N) is 3. The SMILES string of the molecule is COc1ccc(S(=O)(=O)N(Cc2ccncc2)[C@@H](C(=O)NO)C2CCN(C(=O)OCCc3cccc4c3OCO4)CC2)cc1.O=C(O)C(F)(F)F. The second-order valence-corrected chi connectivity index (χ2v) is 13.0. The van der Waals surface area contributed by atoms with Crippen molar-refractivity contribution in [2.24, 2.45) is 5.92 Å². The van der Waals surface area contributed by atoms with Crippen LogP contribution in [0.4, 0.5) is 18.0 Å². The highest BCUT2D eigenvalue weighted by atomic mass is 32.2. The summed E-state index contributed by atoms with van der Waals surface area (Å²) < 4.78 is 82.5. The van der Waals surface area contributed by atoms with Gasteiger partial charge in [-0.2, -0.15) is 17.5 Å². The zero-order valence-electron chi connectivity index (χ0n) is 27.1. The van der Waals surface area contributed by atoms with Crippen molar-refractivity contribution in [2.45, 2.75) is 42.9 Å². The molecule has 5 rings (SSSR count). The fourth-order valence-corrected chi connectivity index (χ4v) is 7.09. The predicted molar refractivity (Wildman–Crippen MR) is 169 cm³/mol. The molecule has 0 saturated carbocycles. The van der Waals surface area contributed by atoms with E-state index in [1.165, 1.54) is 48.7 Å². The van der Waals surface area contributed by atoms with Crippen molar-refractivity contribution >= 4 is 28.0 Å². The molecule has 0 unspecified atom stereocenters. The molecule has 0 aliphatic carbocycles. The van der Waals surface area contributed by atoms with Gasteiger partial charge in [-0.3, -0.25) is 15.0 Å². The molecule has 276 valence electrons. The molecule has 2 amide bonds. The lowest BCUT2D eigenvalue weighted by atomic mass is 9.88. The maximum Gasteiger partial charge on any atom is 0.490 e. The van der Waals surface area contributed by atoms with Gasteiger partial charge in [-0.05, 0) is 66.8 Å². The zero-order chi connectivity index (χ0) is 37.2. The van der Waals surface area contributed by atoms with Gasteiger partial charge in [0.15, 0.2) is 11.5 Å². The summed E-state index contributed by atoms with van der Waals surface area (Å²) in [6.07, 6.45) is -1.48. The van der Waals surface area contributed by atoms with Crippen molar-refractivity contribution in [1.82, 2.24) is 19.7 Å². The number of carboxylic acids is 1. The lowest BCUT2D eigenvalue weighted by molar-refractivity contribution is -0.192. The molecule has 3 N–H and O–H groups in total. The van der Waals surface area contributed by atoms with Crippen LogP contribution in [0.2, 0.25) is 0 Å². The first-order valence-electron chi connectivity index (χ1n) is 15.3. The van der Waals surface area contributed by atoms with Gasteiger partial charge in [0.2, 0.25) is 16.8 Å². The number of carbonyl (C=O) groups excluding carboxylic acids is 2. The topological polar surface area (TPSA) is 194 Å². The van der Waals surface area contributed by atoms with Crippen LogP contribution in [0.1, 0.15) is 24.0 Å². The van der Waals surface area contributed by atoms with Crippen LogP contribution >= 0.6 is 0 Å². The largest absolute Gasteiger partial charge is 0.497 e. The third-order valence-electron chi connectivity index (χ3n) is 8.00. The van der Waals surface area contributed by atoms with E-state index in [0.29, 0.717) is 42.1 Å². The van der Waals surface area contributed by atoms with Gasteiger partial charge in [-0.25, -0.2) is 23.5 Å². The molecule has 15 nitrogen and oxygen atoms in total. The molecular weight excluding hydrogens is 705 g/mol. The molecule has 1 saturated heterocycles. The Morgan fingerprint density at radius 3 is 2.29 bits per heavy atom.